The first kappa shape index (κ1) is 13.2. The van der Waals surface area contributed by atoms with Gasteiger partial charge < -0.3 is 10.6 Å². The van der Waals surface area contributed by atoms with Crippen molar-refractivity contribution in [2.75, 3.05) is 18.4 Å². The van der Waals surface area contributed by atoms with E-state index >= 15 is 0 Å². The molecule has 0 spiro atoms. The van der Waals surface area contributed by atoms with Crippen molar-refractivity contribution >= 4 is 33.2 Å². The second-order valence-electron chi connectivity index (χ2n) is 4.60. The summed E-state index contributed by atoms with van der Waals surface area (Å²) in [5, 5.41) is 7.83. The number of rotatable bonds is 2. The molecule has 94 valence electrons. The van der Waals surface area contributed by atoms with E-state index < -0.39 is 0 Å². The van der Waals surface area contributed by atoms with Gasteiger partial charge >= 0.3 is 0 Å². The molecule has 1 saturated heterocycles. The van der Waals surface area contributed by atoms with Crippen LogP contribution in [0.4, 0.5) is 5.69 Å². The van der Waals surface area contributed by atoms with Crippen LogP contribution in [0.5, 0.6) is 0 Å². The molecule has 2 rings (SSSR count). The molecule has 4 heteroatoms. The molecule has 1 heterocycles. The van der Waals surface area contributed by atoms with Crippen LogP contribution in [0.1, 0.15) is 24.8 Å². The van der Waals surface area contributed by atoms with Crippen LogP contribution in [0, 0.1) is 6.92 Å². The van der Waals surface area contributed by atoms with E-state index in [1.54, 1.807) is 0 Å². The highest BCUT2D eigenvalue weighted by Gasteiger charge is 2.13. The van der Waals surface area contributed by atoms with Crippen LogP contribution in [0.2, 0.25) is 5.02 Å². The van der Waals surface area contributed by atoms with Gasteiger partial charge in [-0.05, 0) is 72.9 Å². The first-order chi connectivity index (χ1) is 8.16. The fraction of sp³-hybridized carbons (Fsp3) is 0.538. The summed E-state index contributed by atoms with van der Waals surface area (Å²) in [6, 6.07) is 4.62. The summed E-state index contributed by atoms with van der Waals surface area (Å²) in [6.07, 6.45) is 3.61. The van der Waals surface area contributed by atoms with Crippen LogP contribution in [0.3, 0.4) is 0 Å². The van der Waals surface area contributed by atoms with E-state index in [9.17, 15) is 0 Å². The SMILES string of the molecule is Cc1cc(Br)c(NC2CCCNCC2)cc1Cl. The van der Waals surface area contributed by atoms with Crippen LogP contribution < -0.4 is 10.6 Å². The molecule has 2 N–H and O–H groups in total. The predicted octanol–water partition coefficient (Wildman–Crippen LogP) is 3.96. The highest BCUT2D eigenvalue weighted by atomic mass is 79.9. The Kier molecular flexibility index (Phi) is 4.71. The molecular weight excluding hydrogens is 300 g/mol. The van der Waals surface area contributed by atoms with Gasteiger partial charge in [-0.3, -0.25) is 0 Å². The Morgan fingerprint density at radius 3 is 3.00 bits per heavy atom. The lowest BCUT2D eigenvalue weighted by Crippen LogP contribution is -2.21. The number of hydrogen-bond donors (Lipinski definition) is 2. The highest BCUT2D eigenvalue weighted by molar-refractivity contribution is 9.10. The number of hydrogen-bond acceptors (Lipinski definition) is 2. The zero-order valence-corrected chi connectivity index (χ0v) is 12.4. The minimum absolute atomic E-state index is 0.542. The van der Waals surface area contributed by atoms with E-state index in [-0.39, 0.29) is 0 Å². The third kappa shape index (κ3) is 3.60. The van der Waals surface area contributed by atoms with Gasteiger partial charge in [0, 0.05) is 15.5 Å². The maximum absolute atomic E-state index is 6.16. The topological polar surface area (TPSA) is 24.1 Å². The molecule has 17 heavy (non-hydrogen) atoms. The minimum atomic E-state index is 0.542. The summed E-state index contributed by atoms with van der Waals surface area (Å²) < 4.78 is 1.09. The van der Waals surface area contributed by atoms with E-state index in [1.165, 1.54) is 12.8 Å². The van der Waals surface area contributed by atoms with Gasteiger partial charge in [0.2, 0.25) is 0 Å². The number of aryl methyl sites for hydroxylation is 1. The third-order valence-corrected chi connectivity index (χ3v) is 4.25. The molecule has 1 atom stereocenters. The maximum atomic E-state index is 6.16. The third-order valence-electron chi connectivity index (χ3n) is 3.18. The van der Waals surface area contributed by atoms with E-state index in [0.29, 0.717) is 6.04 Å². The molecule has 0 radical (unpaired) electrons. The van der Waals surface area contributed by atoms with Crippen LogP contribution in [-0.2, 0) is 0 Å². The monoisotopic (exact) mass is 316 g/mol. The van der Waals surface area contributed by atoms with Crippen LogP contribution >= 0.6 is 27.5 Å². The average molecular weight is 318 g/mol. The fourth-order valence-electron chi connectivity index (χ4n) is 2.14. The lowest BCUT2D eigenvalue weighted by atomic mass is 10.1. The molecule has 1 unspecified atom stereocenters. The summed E-state index contributed by atoms with van der Waals surface area (Å²) in [5.41, 5.74) is 2.21. The van der Waals surface area contributed by atoms with Crippen molar-refractivity contribution in [3.63, 3.8) is 0 Å². The highest BCUT2D eigenvalue weighted by Crippen LogP contribution is 2.30. The lowest BCUT2D eigenvalue weighted by molar-refractivity contribution is 0.637. The largest absolute Gasteiger partial charge is 0.381 e. The molecule has 0 saturated carbocycles. The van der Waals surface area contributed by atoms with Crippen molar-refractivity contribution in [1.82, 2.24) is 5.32 Å². The van der Waals surface area contributed by atoms with Gasteiger partial charge in [0.25, 0.3) is 0 Å². The van der Waals surface area contributed by atoms with Crippen molar-refractivity contribution in [2.45, 2.75) is 32.2 Å². The number of nitrogens with one attached hydrogen (secondary N) is 2. The molecule has 1 aliphatic rings. The standard InChI is InChI=1S/C13H18BrClN2/c1-9-7-11(14)13(8-12(9)15)17-10-3-2-5-16-6-4-10/h7-8,10,16-17H,2-6H2,1H3. The van der Waals surface area contributed by atoms with Crippen molar-refractivity contribution < 1.29 is 0 Å². The first-order valence-corrected chi connectivity index (χ1v) is 7.27. The van der Waals surface area contributed by atoms with E-state index in [0.717, 1.165) is 40.3 Å². The molecule has 0 aromatic heterocycles. The van der Waals surface area contributed by atoms with Crippen molar-refractivity contribution in [2.24, 2.45) is 0 Å². The molecule has 1 aromatic rings. The van der Waals surface area contributed by atoms with Crippen LogP contribution in [0.15, 0.2) is 16.6 Å². The molecule has 0 bridgehead atoms. The number of anilines is 1. The van der Waals surface area contributed by atoms with Gasteiger partial charge in [-0.1, -0.05) is 11.6 Å². The Morgan fingerprint density at radius 2 is 2.18 bits per heavy atom. The Balaban J connectivity index is 2.09. The molecule has 0 amide bonds. The van der Waals surface area contributed by atoms with Gasteiger partial charge in [-0.15, -0.1) is 0 Å². The molecule has 1 aromatic carbocycles. The first-order valence-electron chi connectivity index (χ1n) is 6.09. The normalized spacial score (nSPS) is 21.0. The van der Waals surface area contributed by atoms with Gasteiger partial charge in [-0.25, -0.2) is 0 Å². The summed E-state index contributed by atoms with van der Waals surface area (Å²) in [7, 11) is 0. The van der Waals surface area contributed by atoms with Gasteiger partial charge in [0.1, 0.15) is 0 Å². The van der Waals surface area contributed by atoms with Gasteiger partial charge in [-0.2, -0.15) is 0 Å². The lowest BCUT2D eigenvalue weighted by Gasteiger charge is -2.19. The second kappa shape index (κ2) is 6.07. The van der Waals surface area contributed by atoms with Crippen LogP contribution in [0.25, 0.3) is 0 Å². The summed E-state index contributed by atoms with van der Waals surface area (Å²) in [6.45, 7) is 4.25. The Morgan fingerprint density at radius 1 is 1.35 bits per heavy atom. The molecule has 1 aliphatic heterocycles. The minimum Gasteiger partial charge on any atom is -0.381 e. The average Bonchev–Trinajstić information content (AvgIpc) is 2.54. The van der Waals surface area contributed by atoms with Gasteiger partial charge in [0.15, 0.2) is 0 Å². The second-order valence-corrected chi connectivity index (χ2v) is 5.86. The van der Waals surface area contributed by atoms with E-state index in [4.69, 9.17) is 11.6 Å². The Bertz CT molecular complexity index is 387. The zero-order chi connectivity index (χ0) is 12.3. The number of benzene rings is 1. The summed E-state index contributed by atoms with van der Waals surface area (Å²) in [5.74, 6) is 0. The molecule has 2 nitrogen and oxygen atoms in total. The quantitative estimate of drug-likeness (QED) is 0.862. The van der Waals surface area contributed by atoms with Crippen molar-refractivity contribution in [3.05, 3.63) is 27.2 Å². The molecule has 0 aliphatic carbocycles. The van der Waals surface area contributed by atoms with E-state index in [2.05, 4.69) is 32.6 Å². The summed E-state index contributed by atoms with van der Waals surface area (Å²) >= 11 is 9.75. The predicted molar refractivity (Wildman–Crippen MR) is 78.0 cm³/mol. The number of halogens is 2. The molecule has 1 fully saturated rings. The Labute approximate surface area is 116 Å². The fourth-order valence-corrected chi connectivity index (χ4v) is 2.88. The maximum Gasteiger partial charge on any atom is 0.0501 e. The smallest absolute Gasteiger partial charge is 0.0501 e. The van der Waals surface area contributed by atoms with Crippen LogP contribution in [-0.4, -0.2) is 19.1 Å². The van der Waals surface area contributed by atoms with Gasteiger partial charge in [0.05, 0.1) is 5.69 Å². The Hall–Kier alpha value is -0.250. The summed E-state index contributed by atoms with van der Waals surface area (Å²) in [4.78, 5) is 0. The van der Waals surface area contributed by atoms with E-state index in [1.807, 2.05) is 13.0 Å². The molecular formula is C13H18BrClN2. The van der Waals surface area contributed by atoms with Crippen molar-refractivity contribution in [3.8, 4) is 0 Å². The zero-order valence-electron chi connectivity index (χ0n) is 10.0. The van der Waals surface area contributed by atoms with Crippen molar-refractivity contribution in [1.29, 1.82) is 0 Å².